The van der Waals surface area contributed by atoms with E-state index in [1.807, 2.05) is 36.4 Å². The minimum absolute atomic E-state index is 0.207. The number of carbonyl (C=O) groups is 2. The van der Waals surface area contributed by atoms with E-state index in [-0.39, 0.29) is 6.61 Å². The van der Waals surface area contributed by atoms with Crippen LogP contribution in [0.3, 0.4) is 0 Å². The van der Waals surface area contributed by atoms with Crippen molar-refractivity contribution >= 4 is 11.9 Å². The summed E-state index contributed by atoms with van der Waals surface area (Å²) in [5.74, 6) is -0.355. The third kappa shape index (κ3) is 5.58. The van der Waals surface area contributed by atoms with Gasteiger partial charge in [-0.05, 0) is 31.0 Å². The molecule has 3 rings (SSSR count). The van der Waals surface area contributed by atoms with Crippen LogP contribution in [0.1, 0.15) is 48.0 Å². The molecule has 2 aromatic rings. The lowest BCUT2D eigenvalue weighted by Gasteiger charge is -2.31. The maximum Gasteiger partial charge on any atom is 0.339 e. The fourth-order valence-electron chi connectivity index (χ4n) is 3.46. The van der Waals surface area contributed by atoms with E-state index in [0.29, 0.717) is 29.7 Å². The number of nitrogens with one attached hydrogen (secondary N) is 1. The van der Waals surface area contributed by atoms with E-state index < -0.39 is 24.0 Å². The van der Waals surface area contributed by atoms with Gasteiger partial charge in [0.1, 0.15) is 17.9 Å². The van der Waals surface area contributed by atoms with Gasteiger partial charge >= 0.3 is 5.97 Å². The molecule has 0 aromatic heterocycles. The Balaban J connectivity index is 1.56. The zero-order valence-corrected chi connectivity index (χ0v) is 16.2. The summed E-state index contributed by atoms with van der Waals surface area (Å²) in [6.45, 7) is -0.213. The van der Waals surface area contributed by atoms with E-state index in [0.717, 1.165) is 19.3 Å². The second-order valence-electron chi connectivity index (χ2n) is 7.14. The van der Waals surface area contributed by atoms with E-state index in [4.69, 9.17) is 9.47 Å². The summed E-state index contributed by atoms with van der Waals surface area (Å²) in [5.41, 5.74) is 0.176. The quantitative estimate of drug-likeness (QED) is 0.725. The van der Waals surface area contributed by atoms with Crippen molar-refractivity contribution in [2.45, 2.75) is 44.2 Å². The first kappa shape index (κ1) is 20.4. The number of esters is 1. The van der Waals surface area contributed by atoms with Crippen molar-refractivity contribution in [1.29, 1.82) is 5.26 Å². The van der Waals surface area contributed by atoms with Crippen LogP contribution < -0.4 is 10.1 Å². The van der Waals surface area contributed by atoms with Crippen molar-refractivity contribution in [1.82, 2.24) is 5.32 Å². The zero-order chi connectivity index (χ0) is 20.5. The predicted molar refractivity (Wildman–Crippen MR) is 107 cm³/mol. The summed E-state index contributed by atoms with van der Waals surface area (Å²) >= 11 is 0. The molecule has 1 fully saturated rings. The van der Waals surface area contributed by atoms with Crippen molar-refractivity contribution in [3.8, 4) is 11.8 Å². The summed E-state index contributed by atoms with van der Waals surface area (Å²) in [4.78, 5) is 24.7. The number of nitriles is 1. The number of ether oxygens (including phenoxy) is 2. The van der Waals surface area contributed by atoms with Crippen LogP contribution in [0.15, 0.2) is 54.6 Å². The molecule has 1 amide bonds. The van der Waals surface area contributed by atoms with Crippen molar-refractivity contribution in [3.63, 3.8) is 0 Å². The predicted octanol–water partition coefficient (Wildman–Crippen LogP) is 3.77. The van der Waals surface area contributed by atoms with Crippen molar-refractivity contribution in [2.24, 2.45) is 0 Å². The summed E-state index contributed by atoms with van der Waals surface area (Å²) in [6, 6.07) is 18.5. The second kappa shape index (κ2) is 9.74. The van der Waals surface area contributed by atoms with Crippen LogP contribution >= 0.6 is 0 Å². The topological polar surface area (TPSA) is 88.4 Å². The number of nitrogens with zero attached hydrogens (tertiary/aromatic N) is 1. The Bertz CT molecular complexity index is 883. The van der Waals surface area contributed by atoms with Crippen LogP contribution in [0.5, 0.6) is 5.75 Å². The highest BCUT2D eigenvalue weighted by Gasteiger charge is 2.33. The summed E-state index contributed by atoms with van der Waals surface area (Å²) < 4.78 is 10.9. The highest BCUT2D eigenvalue weighted by atomic mass is 16.5. The van der Waals surface area contributed by atoms with Gasteiger partial charge in [-0.1, -0.05) is 55.7 Å². The number of para-hydroxylation sites is 1. The summed E-state index contributed by atoms with van der Waals surface area (Å²) in [6.07, 6.45) is 4.13. The van der Waals surface area contributed by atoms with Crippen LogP contribution in [-0.4, -0.2) is 24.0 Å². The van der Waals surface area contributed by atoms with Gasteiger partial charge in [0.15, 0.2) is 6.61 Å². The number of benzene rings is 2. The molecule has 29 heavy (non-hydrogen) atoms. The number of hydrogen-bond acceptors (Lipinski definition) is 5. The Labute approximate surface area is 170 Å². The number of hydrogen-bond donors (Lipinski definition) is 1. The van der Waals surface area contributed by atoms with Gasteiger partial charge in [-0.25, -0.2) is 4.79 Å². The van der Waals surface area contributed by atoms with Gasteiger partial charge in [-0.2, -0.15) is 5.26 Å². The molecule has 1 aliphatic carbocycles. The Morgan fingerprint density at radius 2 is 1.69 bits per heavy atom. The van der Waals surface area contributed by atoms with E-state index in [2.05, 4.69) is 11.4 Å². The van der Waals surface area contributed by atoms with Crippen molar-refractivity contribution in [3.05, 3.63) is 65.7 Å². The lowest BCUT2D eigenvalue weighted by molar-refractivity contribution is -0.125. The summed E-state index contributed by atoms with van der Waals surface area (Å²) in [5, 5.41) is 12.2. The van der Waals surface area contributed by atoms with Gasteiger partial charge in [0, 0.05) is 5.56 Å². The first-order chi connectivity index (χ1) is 14.1. The molecule has 0 spiro atoms. The van der Waals surface area contributed by atoms with E-state index >= 15 is 0 Å². The third-order valence-electron chi connectivity index (χ3n) is 5.01. The standard InChI is InChI=1S/C23H24N2O4/c24-17-23(13-7-2-8-14-23)25-21(26)16-29-22(27)20-12-6-5-9-18(20)15-28-19-10-3-1-4-11-19/h1,3-6,9-12H,2,7-8,13-16H2,(H,25,26). The molecular weight excluding hydrogens is 368 g/mol. The highest BCUT2D eigenvalue weighted by Crippen LogP contribution is 2.27. The van der Waals surface area contributed by atoms with Gasteiger partial charge in [0.2, 0.25) is 0 Å². The van der Waals surface area contributed by atoms with Crippen LogP contribution in [0, 0.1) is 11.3 Å². The fraction of sp³-hybridized carbons (Fsp3) is 0.348. The first-order valence-electron chi connectivity index (χ1n) is 9.77. The van der Waals surface area contributed by atoms with Crippen molar-refractivity contribution in [2.75, 3.05) is 6.61 Å². The molecule has 6 nitrogen and oxygen atoms in total. The van der Waals surface area contributed by atoms with Crippen LogP contribution in [-0.2, 0) is 16.1 Å². The molecule has 0 heterocycles. The molecular formula is C23H24N2O4. The van der Waals surface area contributed by atoms with Gasteiger partial charge in [-0.3, -0.25) is 4.79 Å². The van der Waals surface area contributed by atoms with E-state index in [1.54, 1.807) is 18.2 Å². The molecule has 150 valence electrons. The molecule has 0 unspecified atom stereocenters. The number of rotatable bonds is 7. The van der Waals surface area contributed by atoms with Gasteiger partial charge in [0.25, 0.3) is 5.91 Å². The highest BCUT2D eigenvalue weighted by molar-refractivity contribution is 5.92. The Morgan fingerprint density at radius 3 is 2.41 bits per heavy atom. The third-order valence-corrected chi connectivity index (χ3v) is 5.01. The molecule has 1 saturated carbocycles. The van der Waals surface area contributed by atoms with Crippen LogP contribution in [0.4, 0.5) is 0 Å². The van der Waals surface area contributed by atoms with Gasteiger partial charge < -0.3 is 14.8 Å². The van der Waals surface area contributed by atoms with Gasteiger partial charge in [0.05, 0.1) is 11.6 Å². The molecule has 2 aromatic carbocycles. The minimum Gasteiger partial charge on any atom is -0.489 e. The number of amides is 1. The molecule has 0 atom stereocenters. The average molecular weight is 392 g/mol. The molecule has 6 heteroatoms. The second-order valence-corrected chi connectivity index (χ2v) is 7.14. The Morgan fingerprint density at radius 1 is 1.00 bits per heavy atom. The minimum atomic E-state index is -0.844. The molecule has 0 saturated heterocycles. The molecule has 0 radical (unpaired) electrons. The molecule has 0 aliphatic heterocycles. The van der Waals surface area contributed by atoms with Gasteiger partial charge in [-0.15, -0.1) is 0 Å². The zero-order valence-electron chi connectivity index (χ0n) is 16.2. The van der Waals surface area contributed by atoms with E-state index in [1.165, 1.54) is 0 Å². The largest absolute Gasteiger partial charge is 0.489 e. The lowest BCUT2D eigenvalue weighted by Crippen LogP contribution is -2.50. The smallest absolute Gasteiger partial charge is 0.339 e. The lowest BCUT2D eigenvalue weighted by atomic mass is 9.83. The average Bonchev–Trinajstić information content (AvgIpc) is 2.77. The monoisotopic (exact) mass is 392 g/mol. The first-order valence-corrected chi connectivity index (χ1v) is 9.77. The SMILES string of the molecule is N#CC1(NC(=O)COC(=O)c2ccccc2COc2ccccc2)CCCCC1. The fourth-order valence-corrected chi connectivity index (χ4v) is 3.46. The van der Waals surface area contributed by atoms with E-state index in [9.17, 15) is 14.9 Å². The molecule has 1 N–H and O–H groups in total. The maximum absolute atomic E-state index is 12.5. The summed E-state index contributed by atoms with van der Waals surface area (Å²) in [7, 11) is 0. The Kier molecular flexibility index (Phi) is 6.85. The maximum atomic E-state index is 12.5. The normalized spacial score (nSPS) is 15.0. The molecule has 0 bridgehead atoms. The van der Waals surface area contributed by atoms with Crippen LogP contribution in [0.2, 0.25) is 0 Å². The number of carbonyl (C=O) groups excluding carboxylic acids is 2. The molecule has 1 aliphatic rings. The van der Waals surface area contributed by atoms with Crippen LogP contribution in [0.25, 0.3) is 0 Å². The Hall–Kier alpha value is -3.33. The van der Waals surface area contributed by atoms with Crippen molar-refractivity contribution < 1.29 is 19.1 Å².